The second-order valence-corrected chi connectivity index (χ2v) is 39.8. The molecule has 0 aromatic heterocycles. The van der Waals surface area contributed by atoms with Gasteiger partial charge in [0.25, 0.3) is 0 Å². The molecule has 0 aromatic rings. The number of hydrogen-bond donors (Lipinski definition) is 0. The number of hydrogen-bond acceptors (Lipinski definition) is 31. The number of carbonyl (C=O) groups is 13. The van der Waals surface area contributed by atoms with Crippen molar-refractivity contribution in [3.05, 3.63) is 0 Å². The van der Waals surface area contributed by atoms with E-state index in [1.807, 2.05) is 118 Å². The molecule has 0 spiro atoms. The Labute approximate surface area is 808 Å². The van der Waals surface area contributed by atoms with Crippen LogP contribution in [0, 0.1) is 104 Å². The van der Waals surface area contributed by atoms with Gasteiger partial charge in [-0.1, -0.05) is 144 Å². The molecule has 0 radical (unpaired) electrons. The van der Waals surface area contributed by atoms with E-state index in [9.17, 15) is 62.3 Å². The van der Waals surface area contributed by atoms with Gasteiger partial charge in [0.1, 0.15) is 36.1 Å². The lowest BCUT2D eigenvalue weighted by molar-refractivity contribution is -0.221. The topological polar surface area (TPSA) is 388 Å². The summed E-state index contributed by atoms with van der Waals surface area (Å²) in [7, 11) is 7.40. The smallest absolute Gasteiger partial charge is 0.350 e. The van der Waals surface area contributed by atoms with Gasteiger partial charge >= 0.3 is 77.6 Å². The van der Waals surface area contributed by atoms with E-state index in [1.165, 1.54) is 59.9 Å². The fourth-order valence-corrected chi connectivity index (χ4v) is 18.2. The van der Waals surface area contributed by atoms with Gasteiger partial charge < -0.3 is 85.3 Å². The summed E-state index contributed by atoms with van der Waals surface area (Å²) in [5, 5.41) is 0. The number of cyclic esters (lactones) is 2. The van der Waals surface area contributed by atoms with Crippen LogP contribution in [0.3, 0.4) is 0 Å². The molecule has 6 aliphatic carbocycles. The number of esters is 13. The van der Waals surface area contributed by atoms with Crippen molar-refractivity contribution in [2.24, 2.45) is 104 Å². The van der Waals surface area contributed by atoms with Crippen LogP contribution >= 0.6 is 0 Å². The van der Waals surface area contributed by atoms with Gasteiger partial charge in [0.05, 0.1) is 109 Å². The maximum absolute atomic E-state index is 12.4. The molecule has 8 bridgehead atoms. The van der Waals surface area contributed by atoms with Gasteiger partial charge in [0.2, 0.25) is 6.10 Å². The molecule has 17 aliphatic rings. The first kappa shape index (κ1) is 135. The third-order valence-corrected chi connectivity index (χ3v) is 28.8. The van der Waals surface area contributed by atoms with Gasteiger partial charge in [-0.15, -0.1) is 0 Å². The minimum absolute atomic E-state index is 0. The first-order chi connectivity index (χ1) is 56.9. The summed E-state index contributed by atoms with van der Waals surface area (Å²) in [5.74, 6) is -1.94. The number of fused-ring (bicyclic) bond motifs is 14. The normalized spacial score (nSPS) is 32.0. The molecule has 0 aromatic carbocycles. The average Bonchev–Trinajstić information content (AvgIpc) is 1.54. The Morgan fingerprint density at radius 1 is 0.373 bits per heavy atom. The van der Waals surface area contributed by atoms with E-state index in [0.717, 1.165) is 51.0 Å². The van der Waals surface area contributed by atoms with Crippen molar-refractivity contribution in [3.63, 3.8) is 0 Å². The Hall–Kier alpha value is -7.09. The van der Waals surface area contributed by atoms with Crippen LogP contribution < -0.4 is 0 Å². The molecule has 0 amide bonds. The van der Waals surface area contributed by atoms with E-state index in [2.05, 4.69) is 14.2 Å². The van der Waals surface area contributed by atoms with Crippen LogP contribution in [0.2, 0.25) is 0 Å². The zero-order valence-corrected chi connectivity index (χ0v) is 77.2. The number of ether oxygens (including phenoxy) is 18. The molecule has 17 rings (SSSR count). The van der Waals surface area contributed by atoms with E-state index in [1.54, 1.807) is 41.9 Å². The summed E-state index contributed by atoms with van der Waals surface area (Å²) < 4.78 is 94.5. The van der Waals surface area contributed by atoms with E-state index in [-0.39, 0.29) is 208 Å². The van der Waals surface area contributed by atoms with Crippen molar-refractivity contribution in [2.45, 2.75) is 435 Å². The standard InChI is InChI=1S/C16H22O6.C15H22O7.C14H22O4.C13H18O5.C9H12O2.C8H12O2.2C7H14O2.C2H6O.12CH4/c1-5-16(2,3)15(19)22-12-7-6-8-10(9(7)13(17)20-4)14(18)21-11(8)12;1-6-14(2,3)13(17)20-9-7-8(18-11(9)16)10-12(19-7)22-15(4,5)21-10;1-5-13(2,3)12(16)17-10-8-9-6-7-14(10,4)18-11(9)15;1-4-13(2,3)12(15)18-9-7-5-6-8(16-7)10(9)17-11(6)14;10-9-8-6-2-1-5(3-6)7(8)4-11-9;9-8-7-4-2-1-3-6(7)5-10-8;2*1-5-7(2,3)6(8)9-4;1-3-2;;;;;;;;;;;;/h7-12H,5-6H2,1-4H3;7-10,12H,6H2,1-5H3;9-10H,5-8H2,1-4H3;6-10H,4-5H2,1-3H3;5-8H,1-4H2;6-7H,1-5H2;2*5H2,1-4H3;1-2H3;12*1H4. The highest BCUT2D eigenvalue weighted by molar-refractivity contribution is 5.87. The zero-order chi connectivity index (χ0) is 91.2. The van der Waals surface area contributed by atoms with Gasteiger partial charge in [-0.3, -0.25) is 57.5 Å². The first-order valence-electron chi connectivity index (χ1n) is 44.3. The highest BCUT2D eigenvalue weighted by Crippen LogP contribution is 2.60. The predicted octanol–water partition coefficient (Wildman–Crippen LogP) is 19.6. The lowest BCUT2D eigenvalue weighted by Crippen LogP contribution is -2.57. The lowest BCUT2D eigenvalue weighted by atomic mass is 9.74. The Bertz CT molecular complexity index is 3690. The van der Waals surface area contributed by atoms with Crippen molar-refractivity contribution in [3.8, 4) is 0 Å². The second kappa shape index (κ2) is 54.5. The highest BCUT2D eigenvalue weighted by atomic mass is 16.9. The van der Waals surface area contributed by atoms with Gasteiger partial charge in [0.15, 0.2) is 36.5 Å². The maximum atomic E-state index is 12.4. The fraction of sp³-hybridized carbons (Fsp3) is 0.874. The van der Waals surface area contributed by atoms with Crippen molar-refractivity contribution in [1.82, 2.24) is 0 Å². The molecule has 25 atom stereocenters. The summed E-state index contributed by atoms with van der Waals surface area (Å²) in [6.07, 6.45) is 10.7. The van der Waals surface area contributed by atoms with Crippen molar-refractivity contribution < 1.29 is 148 Å². The third-order valence-electron chi connectivity index (χ3n) is 28.8. The van der Waals surface area contributed by atoms with Crippen molar-refractivity contribution in [2.75, 3.05) is 48.8 Å². The second-order valence-electron chi connectivity index (χ2n) is 39.8. The van der Waals surface area contributed by atoms with E-state index >= 15 is 0 Å². The van der Waals surface area contributed by atoms with Crippen molar-refractivity contribution >= 4 is 77.6 Å². The quantitative estimate of drug-likeness (QED) is 0.0964. The Morgan fingerprint density at radius 2 is 0.828 bits per heavy atom. The average molecular weight is 1920 g/mol. The van der Waals surface area contributed by atoms with Gasteiger partial charge in [-0.05, 0) is 212 Å². The van der Waals surface area contributed by atoms with Crippen LogP contribution in [0.1, 0.15) is 350 Å². The highest BCUT2D eigenvalue weighted by Gasteiger charge is 2.71. The number of carbonyl (C=O) groups excluding carboxylic acids is 13. The molecular weight excluding hydrogens is 1730 g/mol. The molecule has 134 heavy (non-hydrogen) atoms. The molecule has 11 aliphatic heterocycles. The van der Waals surface area contributed by atoms with Crippen LogP contribution in [0.4, 0.5) is 0 Å². The Balaban J connectivity index is -0.000000474. The fourth-order valence-electron chi connectivity index (χ4n) is 18.2. The van der Waals surface area contributed by atoms with Crippen LogP contribution in [0.5, 0.6) is 0 Å². The maximum Gasteiger partial charge on any atom is 0.350 e. The van der Waals surface area contributed by atoms with Crippen LogP contribution in [-0.4, -0.2) is 211 Å². The molecule has 6 saturated carbocycles. The van der Waals surface area contributed by atoms with Crippen molar-refractivity contribution in [1.29, 1.82) is 0 Å². The number of rotatable bonds is 17. The molecule has 11 saturated heterocycles. The van der Waals surface area contributed by atoms with Crippen LogP contribution in [-0.2, 0) is 148 Å². The minimum atomic E-state index is -1.07. The summed E-state index contributed by atoms with van der Waals surface area (Å²) in [6.45, 7) is 40.6. The number of methoxy groups -OCH3 is 4. The molecule has 0 N–H and O–H groups in total. The summed E-state index contributed by atoms with van der Waals surface area (Å²) in [5.41, 5.74) is -3.48. The van der Waals surface area contributed by atoms with Crippen LogP contribution in [0.25, 0.3) is 0 Å². The third kappa shape index (κ3) is 29.7. The van der Waals surface area contributed by atoms with Gasteiger partial charge in [-0.25, -0.2) is 4.79 Å². The summed E-state index contributed by atoms with van der Waals surface area (Å²) >= 11 is 0. The van der Waals surface area contributed by atoms with E-state index < -0.39 is 118 Å². The summed E-state index contributed by atoms with van der Waals surface area (Å²) in [4.78, 5) is 152. The molecule has 11 heterocycles. The van der Waals surface area contributed by atoms with Crippen LogP contribution in [0.15, 0.2) is 0 Å². The Morgan fingerprint density at radius 3 is 1.29 bits per heavy atom. The largest absolute Gasteiger partial charge is 0.469 e. The SMILES string of the molecule is C.C.C.C.C.C.C.C.C.C.C.C.CCC(C)(C)C(=O)OC.CCC(C)(C)C(=O)OC.CCC(C)(C)C(=O)OC1C(=O)OC2C3OC(C)(C)OC3OC12.CCC(C)(C)C(=O)OC1C2CC3C(=O)OC1C3O2.CCC(C)(C)C(=O)OC1C2CC3C1OC(=O)C3C2C(=O)OC.CCC(C)(C)C(=O)OC1CC2CCC1(C)OC2=O.COC.O=C1OCC2C3CCC(C3)C12.O=C1OCC2CCCCC12. The monoisotopic (exact) mass is 1920 g/mol. The lowest BCUT2D eigenvalue weighted by Gasteiger charge is -2.48. The summed E-state index contributed by atoms with van der Waals surface area (Å²) in [6, 6.07) is 0. The molecule has 31 heteroatoms. The van der Waals surface area contributed by atoms with E-state index in [0.29, 0.717) is 68.8 Å². The first-order valence-corrected chi connectivity index (χ1v) is 44.3. The molecule has 25 unspecified atom stereocenters. The molecule has 31 nitrogen and oxygen atoms in total. The predicted molar refractivity (Wildman–Crippen MR) is 514 cm³/mol. The zero-order valence-electron chi connectivity index (χ0n) is 77.2. The molecule has 17 fully saturated rings. The van der Waals surface area contributed by atoms with E-state index in [4.69, 9.17) is 71.1 Å². The minimum Gasteiger partial charge on any atom is -0.469 e. The van der Waals surface area contributed by atoms with Gasteiger partial charge in [-0.2, -0.15) is 0 Å². The molecular formula is C103H190O31. The van der Waals surface area contributed by atoms with Gasteiger partial charge in [0, 0.05) is 44.3 Å². The molecule has 788 valence electrons. The Kier molecular flexibility index (Phi) is 55.0.